The van der Waals surface area contributed by atoms with E-state index in [0.29, 0.717) is 12.5 Å². The fourth-order valence-electron chi connectivity index (χ4n) is 2.83. The van der Waals surface area contributed by atoms with Gasteiger partial charge in [-0.15, -0.1) is 11.3 Å². The highest BCUT2D eigenvalue weighted by atomic mass is 32.1. The number of carbonyl (C=O) groups is 1. The molecule has 26 heavy (non-hydrogen) atoms. The molecule has 2 aromatic heterocycles. The summed E-state index contributed by atoms with van der Waals surface area (Å²) in [5.41, 5.74) is 2.01. The molecule has 0 saturated carbocycles. The molecule has 2 heterocycles. The molecule has 5 nitrogen and oxygen atoms in total. The molecule has 2 N–H and O–H groups in total. The van der Waals surface area contributed by atoms with Crippen molar-refractivity contribution in [2.75, 3.05) is 0 Å². The number of nitrogens with zero attached hydrogens (tertiary/aromatic N) is 2. The van der Waals surface area contributed by atoms with E-state index in [1.165, 1.54) is 4.88 Å². The first kappa shape index (κ1) is 18.2. The highest BCUT2D eigenvalue weighted by molar-refractivity contribution is 7.10. The Kier molecular flexibility index (Phi) is 6.07. The number of hydrogen-bond donors (Lipinski definition) is 2. The van der Waals surface area contributed by atoms with Crippen LogP contribution < -0.4 is 10.6 Å². The van der Waals surface area contributed by atoms with E-state index in [9.17, 15) is 4.79 Å². The van der Waals surface area contributed by atoms with Gasteiger partial charge in [0.25, 0.3) is 0 Å². The number of thiophene rings is 1. The fourth-order valence-corrected chi connectivity index (χ4v) is 3.62. The van der Waals surface area contributed by atoms with Gasteiger partial charge in [-0.3, -0.25) is 0 Å². The van der Waals surface area contributed by atoms with Gasteiger partial charge in [0.15, 0.2) is 0 Å². The van der Waals surface area contributed by atoms with Crippen molar-refractivity contribution in [3.63, 3.8) is 0 Å². The van der Waals surface area contributed by atoms with E-state index in [1.807, 2.05) is 48.0 Å². The monoisotopic (exact) mass is 368 g/mol. The average Bonchev–Trinajstić information content (AvgIpc) is 3.32. The van der Waals surface area contributed by atoms with Gasteiger partial charge in [0, 0.05) is 23.8 Å². The van der Waals surface area contributed by atoms with Crippen LogP contribution in [0.25, 0.3) is 5.69 Å². The summed E-state index contributed by atoms with van der Waals surface area (Å²) in [4.78, 5) is 13.6. The number of hydrogen-bond acceptors (Lipinski definition) is 3. The first-order valence-corrected chi connectivity index (χ1v) is 9.66. The van der Waals surface area contributed by atoms with Crippen LogP contribution >= 0.6 is 11.3 Å². The molecule has 1 aromatic carbocycles. The normalized spacial score (nSPS) is 12.1. The zero-order valence-corrected chi connectivity index (χ0v) is 15.9. The van der Waals surface area contributed by atoms with Gasteiger partial charge in [0.1, 0.15) is 0 Å². The van der Waals surface area contributed by atoms with Crippen LogP contribution in [0.1, 0.15) is 36.8 Å². The van der Waals surface area contributed by atoms with Crippen LogP contribution in [-0.4, -0.2) is 15.8 Å². The zero-order valence-electron chi connectivity index (χ0n) is 15.1. The molecule has 1 unspecified atom stereocenters. The van der Waals surface area contributed by atoms with Gasteiger partial charge in [-0.2, -0.15) is 5.10 Å². The lowest BCUT2D eigenvalue weighted by molar-refractivity contribution is 0.235. The van der Waals surface area contributed by atoms with E-state index in [4.69, 9.17) is 0 Å². The summed E-state index contributed by atoms with van der Waals surface area (Å²) in [6.45, 7) is 4.81. The maximum Gasteiger partial charge on any atom is 0.315 e. The highest BCUT2D eigenvalue weighted by Gasteiger charge is 2.16. The summed E-state index contributed by atoms with van der Waals surface area (Å²) in [7, 11) is 0. The van der Waals surface area contributed by atoms with Crippen LogP contribution in [0, 0.1) is 5.92 Å². The fraction of sp³-hybridized carbons (Fsp3) is 0.300. The van der Waals surface area contributed by atoms with E-state index in [-0.39, 0.29) is 12.1 Å². The Morgan fingerprint density at radius 3 is 2.81 bits per heavy atom. The van der Waals surface area contributed by atoms with Crippen LogP contribution in [0.3, 0.4) is 0 Å². The molecule has 0 aliphatic carbocycles. The summed E-state index contributed by atoms with van der Waals surface area (Å²) in [6.07, 6.45) is 4.57. The number of carbonyl (C=O) groups excluding carboxylic acids is 1. The number of urea groups is 1. The van der Waals surface area contributed by atoms with E-state index in [1.54, 1.807) is 22.2 Å². The van der Waals surface area contributed by atoms with Gasteiger partial charge in [-0.1, -0.05) is 32.0 Å². The van der Waals surface area contributed by atoms with Crippen LogP contribution in [0.15, 0.2) is 60.2 Å². The summed E-state index contributed by atoms with van der Waals surface area (Å²) >= 11 is 1.68. The minimum atomic E-state index is -0.145. The van der Waals surface area contributed by atoms with Crippen molar-refractivity contribution in [2.45, 2.75) is 32.9 Å². The van der Waals surface area contributed by atoms with Gasteiger partial charge in [-0.05, 0) is 47.5 Å². The molecule has 6 heteroatoms. The van der Waals surface area contributed by atoms with E-state index >= 15 is 0 Å². The first-order valence-electron chi connectivity index (χ1n) is 8.78. The Labute approximate surface area is 158 Å². The summed E-state index contributed by atoms with van der Waals surface area (Å²) in [5.74, 6) is 0.508. The Morgan fingerprint density at radius 1 is 1.23 bits per heavy atom. The van der Waals surface area contributed by atoms with E-state index in [0.717, 1.165) is 17.7 Å². The largest absolute Gasteiger partial charge is 0.334 e. The second-order valence-corrected chi connectivity index (χ2v) is 7.62. The first-order chi connectivity index (χ1) is 12.6. The molecule has 0 aliphatic rings. The zero-order chi connectivity index (χ0) is 18.4. The topological polar surface area (TPSA) is 59.0 Å². The molecule has 0 spiro atoms. The van der Waals surface area contributed by atoms with Gasteiger partial charge >= 0.3 is 6.03 Å². The SMILES string of the molecule is CC(C)CC(NC(=O)NCc1cccc(-n2cccn2)c1)c1cccs1. The molecular formula is C20H24N4OS. The molecule has 0 fully saturated rings. The van der Waals surface area contributed by atoms with Crippen LogP contribution in [-0.2, 0) is 6.54 Å². The lowest BCUT2D eigenvalue weighted by atomic mass is 10.0. The highest BCUT2D eigenvalue weighted by Crippen LogP contribution is 2.25. The Bertz CT molecular complexity index is 812. The van der Waals surface area contributed by atoms with Gasteiger partial charge in [0.2, 0.25) is 0 Å². The number of amides is 2. The number of benzene rings is 1. The van der Waals surface area contributed by atoms with Crippen LogP contribution in [0.2, 0.25) is 0 Å². The third kappa shape index (κ3) is 4.95. The third-order valence-electron chi connectivity index (χ3n) is 4.03. The summed E-state index contributed by atoms with van der Waals surface area (Å²) < 4.78 is 1.80. The van der Waals surface area contributed by atoms with Crippen LogP contribution in [0.4, 0.5) is 4.79 Å². The standard InChI is InChI=1S/C20H24N4OS/c1-15(2)12-18(19-8-4-11-26-19)23-20(25)21-14-16-6-3-7-17(13-16)24-10-5-9-22-24/h3-11,13,15,18H,12,14H2,1-2H3,(H2,21,23,25). The smallest absolute Gasteiger partial charge is 0.315 e. The van der Waals surface area contributed by atoms with Crippen molar-refractivity contribution in [1.29, 1.82) is 0 Å². The van der Waals surface area contributed by atoms with E-state index in [2.05, 4.69) is 35.6 Å². The van der Waals surface area contributed by atoms with E-state index < -0.39 is 0 Å². The van der Waals surface area contributed by atoms with Gasteiger partial charge in [0.05, 0.1) is 11.7 Å². The molecule has 2 amide bonds. The Morgan fingerprint density at radius 2 is 2.12 bits per heavy atom. The Balaban J connectivity index is 1.59. The molecule has 0 saturated heterocycles. The molecule has 0 bridgehead atoms. The summed E-state index contributed by atoms with van der Waals surface area (Å²) in [5, 5.41) is 12.3. The van der Waals surface area contributed by atoms with Crippen molar-refractivity contribution < 1.29 is 4.79 Å². The number of aromatic nitrogens is 2. The molecule has 3 rings (SSSR count). The lowest BCUT2D eigenvalue weighted by Gasteiger charge is -2.20. The second-order valence-electron chi connectivity index (χ2n) is 6.65. The third-order valence-corrected chi connectivity index (χ3v) is 5.02. The molecule has 3 aromatic rings. The van der Waals surface area contributed by atoms with Crippen molar-refractivity contribution in [2.24, 2.45) is 5.92 Å². The molecule has 1 atom stereocenters. The van der Waals surface area contributed by atoms with Crippen molar-refractivity contribution >= 4 is 17.4 Å². The maximum absolute atomic E-state index is 12.4. The lowest BCUT2D eigenvalue weighted by Crippen LogP contribution is -2.37. The van der Waals surface area contributed by atoms with Crippen LogP contribution in [0.5, 0.6) is 0 Å². The quantitative estimate of drug-likeness (QED) is 0.644. The molecular weight excluding hydrogens is 344 g/mol. The predicted octanol–water partition coefficient (Wildman–Crippen LogP) is 4.52. The van der Waals surface area contributed by atoms with Crippen molar-refractivity contribution in [3.8, 4) is 5.69 Å². The van der Waals surface area contributed by atoms with Crippen molar-refractivity contribution in [3.05, 3.63) is 70.7 Å². The Hall–Kier alpha value is -2.60. The van der Waals surface area contributed by atoms with Gasteiger partial charge in [-0.25, -0.2) is 9.48 Å². The van der Waals surface area contributed by atoms with Crippen molar-refractivity contribution in [1.82, 2.24) is 20.4 Å². The van der Waals surface area contributed by atoms with Gasteiger partial charge < -0.3 is 10.6 Å². The minimum absolute atomic E-state index is 0.0467. The number of nitrogens with one attached hydrogen (secondary N) is 2. The predicted molar refractivity (Wildman–Crippen MR) is 105 cm³/mol. The average molecular weight is 369 g/mol. The summed E-state index contributed by atoms with van der Waals surface area (Å²) in [6, 6.07) is 13.9. The molecule has 136 valence electrons. The number of rotatable bonds is 7. The minimum Gasteiger partial charge on any atom is -0.334 e. The second kappa shape index (κ2) is 8.67. The maximum atomic E-state index is 12.4. The molecule has 0 radical (unpaired) electrons. The molecule has 0 aliphatic heterocycles.